The normalized spacial score (nSPS) is 22.2. The van der Waals surface area contributed by atoms with Crippen LogP contribution in [0.2, 0.25) is 5.28 Å². The van der Waals surface area contributed by atoms with Gasteiger partial charge in [-0.1, -0.05) is 54.6 Å². The third kappa shape index (κ3) is 4.66. The van der Waals surface area contributed by atoms with Crippen LogP contribution in [-0.2, 0) is 10.3 Å². The largest absolute Gasteiger partial charge is 0.444 e. The van der Waals surface area contributed by atoms with E-state index in [0.717, 1.165) is 29.5 Å². The zero-order valence-corrected chi connectivity index (χ0v) is 24.4. The van der Waals surface area contributed by atoms with Gasteiger partial charge in [0.25, 0.3) is 0 Å². The van der Waals surface area contributed by atoms with Crippen LogP contribution in [0, 0.1) is 5.92 Å². The first-order valence-electron chi connectivity index (χ1n) is 14.1. The van der Waals surface area contributed by atoms with Crippen LogP contribution >= 0.6 is 11.6 Å². The van der Waals surface area contributed by atoms with E-state index in [2.05, 4.69) is 15.5 Å². The van der Waals surface area contributed by atoms with E-state index in [1.807, 2.05) is 87.5 Å². The second-order valence-electron chi connectivity index (χ2n) is 12.5. The minimum absolute atomic E-state index is 0.218. The number of carbonyl (C=O) groups excluding carboxylic acids is 1. The molecule has 2 aliphatic rings. The topological polar surface area (TPSA) is 115 Å². The van der Waals surface area contributed by atoms with Crippen molar-refractivity contribution in [2.24, 2.45) is 5.92 Å². The quantitative estimate of drug-likeness (QED) is 0.249. The molecule has 2 saturated carbocycles. The first-order valence-corrected chi connectivity index (χ1v) is 14.5. The molecule has 5 aromatic rings. The van der Waals surface area contributed by atoms with Crippen LogP contribution in [0.25, 0.3) is 39.3 Å². The first kappa shape index (κ1) is 26.8. The highest BCUT2D eigenvalue weighted by atomic mass is 35.5. The molecule has 0 spiro atoms. The van der Waals surface area contributed by atoms with E-state index in [9.17, 15) is 9.90 Å². The monoisotopic (exact) mass is 582 g/mol. The van der Waals surface area contributed by atoms with Crippen LogP contribution in [0.5, 0.6) is 0 Å². The Balaban J connectivity index is 1.30. The molecule has 2 N–H and O–H groups in total. The molecule has 9 nitrogen and oxygen atoms in total. The molecule has 2 aliphatic carbocycles. The van der Waals surface area contributed by atoms with Crippen LogP contribution in [0.1, 0.15) is 52.0 Å². The van der Waals surface area contributed by atoms with Crippen molar-refractivity contribution in [2.45, 2.75) is 63.2 Å². The summed E-state index contributed by atoms with van der Waals surface area (Å²) in [6.07, 6.45) is 2.45. The van der Waals surface area contributed by atoms with Crippen molar-refractivity contribution in [3.63, 3.8) is 0 Å². The number of alkyl carbamates (subject to hydrolysis) is 1. The summed E-state index contributed by atoms with van der Waals surface area (Å²) in [5.41, 5.74) is 3.78. The number of carbonyl (C=O) groups is 1. The second kappa shape index (κ2) is 9.47. The Labute approximate surface area is 247 Å². The Morgan fingerprint density at radius 1 is 0.952 bits per heavy atom. The number of nitrogens with one attached hydrogen (secondary N) is 1. The molecule has 7 rings (SSSR count). The molecule has 42 heavy (non-hydrogen) atoms. The van der Waals surface area contributed by atoms with E-state index in [0.29, 0.717) is 41.0 Å². The fourth-order valence-electron chi connectivity index (χ4n) is 6.16. The van der Waals surface area contributed by atoms with Crippen molar-refractivity contribution < 1.29 is 14.6 Å². The Morgan fingerprint density at radius 2 is 1.62 bits per heavy atom. The summed E-state index contributed by atoms with van der Waals surface area (Å²) >= 11 is 6.37. The lowest BCUT2D eigenvalue weighted by Gasteiger charge is -2.54. The third-order valence-electron chi connectivity index (χ3n) is 8.21. The highest BCUT2D eigenvalue weighted by molar-refractivity contribution is 6.28. The van der Waals surface area contributed by atoms with Gasteiger partial charge in [-0.15, -0.1) is 10.2 Å². The van der Waals surface area contributed by atoms with Gasteiger partial charge in [0.1, 0.15) is 11.1 Å². The van der Waals surface area contributed by atoms with Crippen molar-refractivity contribution >= 4 is 34.5 Å². The molecule has 2 fully saturated rings. The Kier molecular flexibility index (Phi) is 6.04. The number of nitrogens with zero attached hydrogens (tertiary/aromatic N) is 5. The van der Waals surface area contributed by atoms with Gasteiger partial charge in [-0.05, 0) is 68.8 Å². The number of hydrogen-bond acceptors (Lipinski definition) is 7. The van der Waals surface area contributed by atoms with Gasteiger partial charge in [-0.25, -0.2) is 19.2 Å². The standard InChI is InChI=1S/C32H31ClN6O3/c1-30(2,3)42-29(40)36-31(17-32(41,18-31)22-13-14-22)21-11-9-20(10-12-21)25-26(19-7-5-4-6-8-19)35-27-23(34-25)15-16-24-37-38-28(33)39(24)27/h4-12,15-16,22,41H,13-14,17-18H2,1-3H3,(H,36,40). The molecule has 3 aromatic heterocycles. The van der Waals surface area contributed by atoms with E-state index in [-0.39, 0.29) is 11.2 Å². The third-order valence-corrected chi connectivity index (χ3v) is 8.45. The zero-order valence-electron chi connectivity index (χ0n) is 23.6. The van der Waals surface area contributed by atoms with Crippen LogP contribution < -0.4 is 5.32 Å². The van der Waals surface area contributed by atoms with Crippen molar-refractivity contribution in [1.29, 1.82) is 0 Å². The van der Waals surface area contributed by atoms with E-state index in [1.54, 1.807) is 4.40 Å². The van der Waals surface area contributed by atoms with E-state index in [4.69, 9.17) is 26.3 Å². The lowest BCUT2D eigenvalue weighted by Crippen LogP contribution is -2.64. The van der Waals surface area contributed by atoms with Crippen molar-refractivity contribution in [2.75, 3.05) is 0 Å². The number of aromatic nitrogens is 5. The summed E-state index contributed by atoms with van der Waals surface area (Å²) in [5.74, 6) is 0.289. The minimum atomic E-state index is -0.771. The molecule has 1 amide bonds. The number of ether oxygens (including phenoxy) is 1. The number of hydrogen-bond donors (Lipinski definition) is 2. The summed E-state index contributed by atoms with van der Waals surface area (Å²) < 4.78 is 7.28. The first-order chi connectivity index (χ1) is 20.0. The number of pyridine rings is 1. The van der Waals surface area contributed by atoms with Gasteiger partial charge in [0.05, 0.1) is 22.5 Å². The number of amides is 1. The highest BCUT2D eigenvalue weighted by Gasteiger charge is 2.61. The van der Waals surface area contributed by atoms with Crippen molar-refractivity contribution in [3.8, 4) is 22.5 Å². The molecule has 0 unspecified atom stereocenters. The smallest absolute Gasteiger partial charge is 0.408 e. The van der Waals surface area contributed by atoms with E-state index < -0.39 is 22.8 Å². The summed E-state index contributed by atoms with van der Waals surface area (Å²) in [7, 11) is 0. The van der Waals surface area contributed by atoms with E-state index >= 15 is 0 Å². The predicted octanol–water partition coefficient (Wildman–Crippen LogP) is 6.31. The van der Waals surface area contributed by atoms with Gasteiger partial charge >= 0.3 is 6.09 Å². The average Bonchev–Trinajstić information content (AvgIpc) is 3.74. The van der Waals surface area contributed by atoms with Gasteiger partial charge in [-0.2, -0.15) is 0 Å². The summed E-state index contributed by atoms with van der Waals surface area (Å²) in [6, 6.07) is 21.5. The molecule has 0 bridgehead atoms. The lowest BCUT2D eigenvalue weighted by molar-refractivity contribution is -0.118. The fraction of sp³-hybridized carbons (Fsp3) is 0.344. The number of aliphatic hydroxyl groups is 1. The SMILES string of the molecule is CC(C)(C)OC(=O)NC1(c2ccc(-c3nc4ccc5nnc(Cl)n5c4nc3-c3ccccc3)cc2)CC(O)(C2CC2)C1. The van der Waals surface area contributed by atoms with Gasteiger partial charge in [0.15, 0.2) is 11.3 Å². The van der Waals surface area contributed by atoms with Gasteiger partial charge < -0.3 is 15.2 Å². The second-order valence-corrected chi connectivity index (χ2v) is 12.8. The van der Waals surface area contributed by atoms with Crippen LogP contribution in [-0.4, -0.2) is 47.0 Å². The predicted molar refractivity (Wildman–Crippen MR) is 160 cm³/mol. The van der Waals surface area contributed by atoms with Crippen molar-refractivity contribution in [3.05, 3.63) is 77.6 Å². The Morgan fingerprint density at radius 3 is 2.29 bits per heavy atom. The molecule has 0 radical (unpaired) electrons. The number of rotatable bonds is 5. The fourth-order valence-corrected chi connectivity index (χ4v) is 6.37. The molecule has 214 valence electrons. The molecule has 0 aliphatic heterocycles. The summed E-state index contributed by atoms with van der Waals surface area (Å²) in [5, 5.41) is 22.7. The molecule has 3 heterocycles. The highest BCUT2D eigenvalue weighted by Crippen LogP contribution is 2.58. The molecular formula is C32H31ClN6O3. The van der Waals surface area contributed by atoms with Crippen molar-refractivity contribution in [1.82, 2.24) is 29.9 Å². The number of halogens is 1. The minimum Gasteiger partial charge on any atom is -0.444 e. The van der Waals surface area contributed by atoms with Crippen LogP contribution in [0.15, 0.2) is 66.7 Å². The Bertz CT molecular complexity index is 1820. The Hall–Kier alpha value is -4.08. The summed E-state index contributed by atoms with van der Waals surface area (Å²) in [6.45, 7) is 5.52. The maximum absolute atomic E-state index is 12.9. The van der Waals surface area contributed by atoms with Gasteiger partial charge in [0.2, 0.25) is 5.28 Å². The lowest BCUT2D eigenvalue weighted by atomic mass is 9.59. The maximum atomic E-state index is 12.9. The average molecular weight is 583 g/mol. The molecule has 2 aromatic carbocycles. The molecule has 0 saturated heterocycles. The van der Waals surface area contributed by atoms with Gasteiger partial charge in [-0.3, -0.25) is 0 Å². The van der Waals surface area contributed by atoms with Crippen LogP contribution in [0.3, 0.4) is 0 Å². The molecule has 10 heteroatoms. The number of benzene rings is 2. The maximum Gasteiger partial charge on any atom is 0.408 e. The van der Waals surface area contributed by atoms with Crippen LogP contribution in [0.4, 0.5) is 4.79 Å². The number of fused-ring (bicyclic) bond motifs is 3. The molecular weight excluding hydrogens is 552 g/mol. The van der Waals surface area contributed by atoms with E-state index in [1.165, 1.54) is 0 Å². The van der Waals surface area contributed by atoms with Gasteiger partial charge in [0, 0.05) is 24.0 Å². The zero-order chi connectivity index (χ0) is 29.3. The summed E-state index contributed by atoms with van der Waals surface area (Å²) in [4.78, 5) is 23.0. The molecule has 0 atom stereocenters.